The first kappa shape index (κ1) is 14.1. The van der Waals surface area contributed by atoms with Gasteiger partial charge in [0.15, 0.2) is 0 Å². The van der Waals surface area contributed by atoms with Gasteiger partial charge in [-0.2, -0.15) is 0 Å². The molecule has 0 aromatic heterocycles. The summed E-state index contributed by atoms with van der Waals surface area (Å²) in [5.74, 6) is 0. The van der Waals surface area contributed by atoms with E-state index in [9.17, 15) is 0 Å². The Hall–Kier alpha value is -0.900. The van der Waals surface area contributed by atoms with Crippen molar-refractivity contribution in [1.29, 1.82) is 0 Å². The molecule has 0 amide bonds. The minimum atomic E-state index is 0.199. The highest BCUT2D eigenvalue weighted by Crippen LogP contribution is 2.25. The molecule has 1 unspecified atom stereocenters. The molecule has 3 rings (SSSR count). The van der Waals surface area contributed by atoms with Gasteiger partial charge >= 0.3 is 0 Å². The van der Waals surface area contributed by atoms with E-state index in [2.05, 4.69) is 47.6 Å². The second kappa shape index (κ2) is 6.70. The smallest absolute Gasteiger partial charge is 0.0953 e. The lowest BCUT2D eigenvalue weighted by atomic mass is 10.1. The second-order valence-corrected chi connectivity index (χ2v) is 6.22. The highest BCUT2D eigenvalue weighted by molar-refractivity contribution is 5.18. The van der Waals surface area contributed by atoms with Crippen molar-refractivity contribution in [2.45, 2.75) is 43.9 Å². The summed E-state index contributed by atoms with van der Waals surface area (Å²) in [5, 5.41) is 3.62. The van der Waals surface area contributed by atoms with Crippen LogP contribution in [-0.2, 0) is 4.74 Å². The van der Waals surface area contributed by atoms with Crippen molar-refractivity contribution in [1.82, 2.24) is 10.2 Å². The van der Waals surface area contributed by atoms with Gasteiger partial charge in [0, 0.05) is 25.7 Å². The second-order valence-electron chi connectivity index (χ2n) is 6.22. The van der Waals surface area contributed by atoms with Gasteiger partial charge < -0.3 is 15.0 Å². The molecule has 1 heterocycles. The minimum Gasteiger partial charge on any atom is -0.369 e. The highest BCUT2D eigenvalue weighted by atomic mass is 16.5. The fourth-order valence-electron chi connectivity index (χ4n) is 2.83. The number of rotatable bonds is 6. The zero-order valence-corrected chi connectivity index (χ0v) is 12.4. The van der Waals surface area contributed by atoms with E-state index in [0.29, 0.717) is 6.10 Å². The Balaban J connectivity index is 1.59. The molecule has 1 aliphatic heterocycles. The van der Waals surface area contributed by atoms with Gasteiger partial charge in [0.1, 0.15) is 0 Å². The van der Waals surface area contributed by atoms with Gasteiger partial charge in [-0.15, -0.1) is 0 Å². The van der Waals surface area contributed by atoms with E-state index in [1.807, 2.05) is 0 Å². The fourth-order valence-corrected chi connectivity index (χ4v) is 2.83. The first-order valence-electron chi connectivity index (χ1n) is 7.93. The van der Waals surface area contributed by atoms with E-state index in [0.717, 1.165) is 38.5 Å². The molecule has 0 spiro atoms. The number of nitrogens with one attached hydrogen (secondary N) is 1. The molecular weight excluding hydrogens is 248 g/mol. The van der Waals surface area contributed by atoms with Crippen LogP contribution < -0.4 is 5.32 Å². The normalized spacial score (nSPS) is 22.9. The Labute approximate surface area is 122 Å². The van der Waals surface area contributed by atoms with Crippen molar-refractivity contribution < 1.29 is 4.74 Å². The summed E-state index contributed by atoms with van der Waals surface area (Å²) in [5.41, 5.74) is 1.31. The molecular formula is C17H26N2O. The molecule has 0 radical (unpaired) electrons. The van der Waals surface area contributed by atoms with Crippen molar-refractivity contribution in [2.75, 3.05) is 26.7 Å². The Morgan fingerprint density at radius 3 is 2.50 bits per heavy atom. The molecule has 0 bridgehead atoms. The maximum absolute atomic E-state index is 6.41. The third-order valence-corrected chi connectivity index (χ3v) is 4.36. The zero-order chi connectivity index (χ0) is 13.8. The van der Waals surface area contributed by atoms with Crippen LogP contribution >= 0.6 is 0 Å². The predicted octanol–water partition coefficient (Wildman–Crippen LogP) is 2.59. The van der Waals surface area contributed by atoms with Gasteiger partial charge in [0.05, 0.1) is 12.2 Å². The molecule has 1 saturated carbocycles. The molecule has 1 aromatic carbocycles. The van der Waals surface area contributed by atoms with Crippen molar-refractivity contribution >= 4 is 0 Å². The summed E-state index contributed by atoms with van der Waals surface area (Å²) in [4.78, 5) is 2.39. The van der Waals surface area contributed by atoms with Crippen LogP contribution in [0, 0.1) is 0 Å². The Bertz CT molecular complexity index is 397. The predicted molar refractivity (Wildman–Crippen MR) is 81.8 cm³/mol. The van der Waals surface area contributed by atoms with Crippen LogP contribution in [0.3, 0.4) is 0 Å². The van der Waals surface area contributed by atoms with E-state index >= 15 is 0 Å². The van der Waals surface area contributed by atoms with Crippen LogP contribution in [0.2, 0.25) is 0 Å². The maximum Gasteiger partial charge on any atom is 0.0953 e. The number of piperidine rings is 1. The van der Waals surface area contributed by atoms with E-state index in [1.165, 1.54) is 18.4 Å². The first-order valence-corrected chi connectivity index (χ1v) is 7.93. The van der Waals surface area contributed by atoms with Crippen molar-refractivity contribution in [3.05, 3.63) is 35.9 Å². The van der Waals surface area contributed by atoms with Gasteiger partial charge in [0.25, 0.3) is 0 Å². The Kier molecular flexibility index (Phi) is 4.71. The van der Waals surface area contributed by atoms with Gasteiger partial charge in [-0.25, -0.2) is 0 Å². The highest BCUT2D eigenvalue weighted by Gasteiger charge is 2.25. The topological polar surface area (TPSA) is 24.5 Å². The van der Waals surface area contributed by atoms with E-state index < -0.39 is 0 Å². The zero-order valence-electron chi connectivity index (χ0n) is 12.4. The van der Waals surface area contributed by atoms with Gasteiger partial charge in [-0.1, -0.05) is 30.3 Å². The molecule has 1 atom stereocenters. The lowest BCUT2D eigenvalue weighted by molar-refractivity contribution is -0.0404. The maximum atomic E-state index is 6.41. The Morgan fingerprint density at radius 2 is 1.85 bits per heavy atom. The summed E-state index contributed by atoms with van der Waals surface area (Å²) in [6.07, 6.45) is 5.58. The summed E-state index contributed by atoms with van der Waals surface area (Å²) in [6, 6.07) is 11.4. The number of nitrogens with zero attached hydrogens (tertiary/aromatic N) is 1. The number of benzene rings is 1. The van der Waals surface area contributed by atoms with Crippen molar-refractivity contribution in [3.63, 3.8) is 0 Å². The molecule has 3 heteroatoms. The van der Waals surface area contributed by atoms with Crippen molar-refractivity contribution in [2.24, 2.45) is 0 Å². The number of hydrogen-bond donors (Lipinski definition) is 1. The SMILES string of the molecule is CN1CCC(OC(CNC2CC2)c2ccccc2)CC1. The molecule has 2 aliphatic rings. The van der Waals surface area contributed by atoms with Crippen LogP contribution in [0.5, 0.6) is 0 Å². The number of ether oxygens (including phenoxy) is 1. The molecule has 1 aliphatic carbocycles. The van der Waals surface area contributed by atoms with Crippen molar-refractivity contribution in [3.8, 4) is 0 Å². The molecule has 1 N–H and O–H groups in total. The summed E-state index contributed by atoms with van der Waals surface area (Å²) in [6.45, 7) is 3.26. The molecule has 2 fully saturated rings. The average Bonchev–Trinajstić information content (AvgIpc) is 3.31. The van der Waals surface area contributed by atoms with Crippen LogP contribution in [0.4, 0.5) is 0 Å². The van der Waals surface area contributed by atoms with E-state index in [-0.39, 0.29) is 6.10 Å². The third-order valence-electron chi connectivity index (χ3n) is 4.36. The quantitative estimate of drug-likeness (QED) is 0.863. The summed E-state index contributed by atoms with van der Waals surface area (Å²) >= 11 is 0. The van der Waals surface area contributed by atoms with Crippen LogP contribution in [-0.4, -0.2) is 43.7 Å². The number of hydrogen-bond acceptors (Lipinski definition) is 3. The standard InChI is InChI=1S/C17H26N2O/c1-19-11-9-16(10-12-19)20-17(13-18-15-7-8-15)14-5-3-2-4-6-14/h2-6,15-18H,7-13H2,1H3. The number of likely N-dealkylation sites (tertiary alicyclic amines) is 1. The third kappa shape index (κ3) is 4.05. The molecule has 3 nitrogen and oxygen atoms in total. The summed E-state index contributed by atoms with van der Waals surface area (Å²) < 4.78 is 6.41. The molecule has 110 valence electrons. The van der Waals surface area contributed by atoms with Crippen LogP contribution in [0.25, 0.3) is 0 Å². The van der Waals surface area contributed by atoms with Crippen LogP contribution in [0.1, 0.15) is 37.4 Å². The van der Waals surface area contributed by atoms with Gasteiger partial charge in [0.2, 0.25) is 0 Å². The van der Waals surface area contributed by atoms with Gasteiger partial charge in [-0.05, 0) is 38.3 Å². The molecule has 1 saturated heterocycles. The first-order chi connectivity index (χ1) is 9.81. The minimum absolute atomic E-state index is 0.199. The lowest BCUT2D eigenvalue weighted by Crippen LogP contribution is -2.36. The van der Waals surface area contributed by atoms with E-state index in [1.54, 1.807) is 0 Å². The van der Waals surface area contributed by atoms with Crippen LogP contribution in [0.15, 0.2) is 30.3 Å². The summed E-state index contributed by atoms with van der Waals surface area (Å²) in [7, 11) is 2.19. The lowest BCUT2D eigenvalue weighted by Gasteiger charge is -2.32. The average molecular weight is 274 g/mol. The van der Waals surface area contributed by atoms with Gasteiger partial charge in [-0.3, -0.25) is 0 Å². The monoisotopic (exact) mass is 274 g/mol. The fraction of sp³-hybridized carbons (Fsp3) is 0.647. The molecule has 1 aromatic rings. The Morgan fingerprint density at radius 1 is 1.15 bits per heavy atom. The van der Waals surface area contributed by atoms with E-state index in [4.69, 9.17) is 4.74 Å². The largest absolute Gasteiger partial charge is 0.369 e. The molecule has 20 heavy (non-hydrogen) atoms.